The largest absolute Gasteiger partial charge is 0.457 e. The summed E-state index contributed by atoms with van der Waals surface area (Å²) in [5, 5.41) is 21.5. The number of carbonyl (C=O) groups excluding carboxylic acids is 3. The Labute approximate surface area is 311 Å². The maximum absolute atomic E-state index is 13.1. The molecular weight excluding hydrogens is 664 g/mol. The van der Waals surface area contributed by atoms with Gasteiger partial charge in [-0.25, -0.2) is 4.79 Å². The van der Waals surface area contributed by atoms with Gasteiger partial charge in [0.15, 0.2) is 0 Å². The van der Waals surface area contributed by atoms with Crippen molar-refractivity contribution in [2.45, 2.75) is 161 Å². The van der Waals surface area contributed by atoms with Gasteiger partial charge in [-0.3, -0.25) is 9.59 Å². The fraction of sp³-hybridized carbons (Fsp3) is 0.780. The van der Waals surface area contributed by atoms with E-state index in [4.69, 9.17) is 18.9 Å². The molecule has 0 aromatic rings. The molecule has 3 fully saturated rings. The van der Waals surface area contributed by atoms with Crippen LogP contribution in [-0.2, 0) is 28.5 Å². The summed E-state index contributed by atoms with van der Waals surface area (Å²) in [5.74, 6) is -1.03. The quantitative estimate of drug-likeness (QED) is 0.0842. The molecule has 4 rings (SSSR count). The first-order chi connectivity index (χ1) is 24.7. The summed E-state index contributed by atoms with van der Waals surface area (Å²) < 4.78 is 23.5. The number of ether oxygens (including phenoxy) is 4. The summed E-state index contributed by atoms with van der Waals surface area (Å²) in [6.07, 6.45) is 14.3. The fourth-order valence-corrected chi connectivity index (χ4v) is 8.05. The highest BCUT2D eigenvalue weighted by atomic mass is 16.6. The van der Waals surface area contributed by atoms with E-state index in [0.29, 0.717) is 6.04 Å². The highest BCUT2D eigenvalue weighted by Gasteiger charge is 2.46. The molecule has 0 spiro atoms. The lowest BCUT2D eigenvalue weighted by atomic mass is 9.88. The molecule has 1 amide bonds. The summed E-state index contributed by atoms with van der Waals surface area (Å²) in [6, 6.07) is 0.585. The second-order valence-electron chi connectivity index (χ2n) is 16.1. The fourth-order valence-electron chi connectivity index (χ4n) is 8.05. The van der Waals surface area contributed by atoms with E-state index in [-0.39, 0.29) is 61.4 Å². The van der Waals surface area contributed by atoms with Gasteiger partial charge in [0.1, 0.15) is 23.9 Å². The number of epoxide rings is 1. The zero-order chi connectivity index (χ0) is 38.0. The number of hydrogen-bond acceptors (Lipinski definition) is 10. The average molecular weight is 731 g/mol. The Morgan fingerprint density at radius 1 is 1.08 bits per heavy atom. The molecule has 0 saturated carbocycles. The minimum absolute atomic E-state index is 0.0472. The first-order valence-corrected chi connectivity index (χ1v) is 19.8. The Kier molecular flexibility index (Phi) is 15.8. The Morgan fingerprint density at radius 3 is 2.42 bits per heavy atom. The number of likely N-dealkylation sites (tertiary alicyclic amines) is 2. The molecule has 2 N–H and O–H groups in total. The van der Waals surface area contributed by atoms with Crippen LogP contribution in [-0.4, -0.2) is 112 Å². The van der Waals surface area contributed by atoms with Crippen molar-refractivity contribution < 1.29 is 43.5 Å². The SMILES string of the molecule is CCC(OC(=O)N1CCC(N2CCCCC2)CC1)C(C)C1OC1CC(C)/C=C/C=C(\C)C1OC(=O)CC(O)CCC(C)(O)C(OC(C)=O)/C=C/C1C. The molecule has 11 nitrogen and oxygen atoms in total. The third kappa shape index (κ3) is 12.4. The lowest BCUT2D eigenvalue weighted by molar-refractivity contribution is -0.157. The molecule has 0 aromatic carbocycles. The molecule has 4 aliphatic rings. The molecule has 10 unspecified atom stereocenters. The molecule has 52 heavy (non-hydrogen) atoms. The van der Waals surface area contributed by atoms with Crippen LogP contribution in [0, 0.1) is 17.8 Å². The van der Waals surface area contributed by atoms with Gasteiger partial charge in [-0.2, -0.15) is 0 Å². The predicted octanol–water partition coefficient (Wildman–Crippen LogP) is 6.12. The second kappa shape index (κ2) is 19.6. The first kappa shape index (κ1) is 42.0. The van der Waals surface area contributed by atoms with E-state index in [1.165, 1.54) is 39.3 Å². The van der Waals surface area contributed by atoms with Crippen LogP contribution < -0.4 is 0 Å². The zero-order valence-corrected chi connectivity index (χ0v) is 32.7. The van der Waals surface area contributed by atoms with E-state index in [0.717, 1.165) is 44.3 Å². The number of aliphatic hydroxyl groups is 2. The standard InChI is InChI=1S/C41H66N2O9/c1-8-34(51-40(47)43-23-18-32(19-24-43)42-21-10-9-11-22-42)30(5)39-35(50-39)25-27(2)13-12-14-28(3)38-29(4)15-16-36(49-31(6)44)41(7,48)20-17-33(45)26-37(46)52-38/h12-16,27,29-30,32-36,38-39,45,48H,8-11,17-26H2,1-7H3/b13-12+,16-15+,28-14+. The van der Waals surface area contributed by atoms with Crippen molar-refractivity contribution in [3.05, 3.63) is 36.0 Å². The minimum Gasteiger partial charge on any atom is -0.457 e. The molecule has 3 saturated heterocycles. The van der Waals surface area contributed by atoms with Crippen LogP contribution in [0.5, 0.6) is 0 Å². The zero-order valence-electron chi connectivity index (χ0n) is 32.7. The van der Waals surface area contributed by atoms with Gasteiger partial charge < -0.3 is 39.0 Å². The van der Waals surface area contributed by atoms with Crippen LogP contribution in [0.15, 0.2) is 36.0 Å². The normalized spacial score (nSPS) is 34.0. The average Bonchev–Trinajstić information content (AvgIpc) is 3.88. The number of piperidine rings is 2. The van der Waals surface area contributed by atoms with Crippen LogP contribution >= 0.6 is 0 Å². The van der Waals surface area contributed by atoms with Crippen LogP contribution in [0.2, 0.25) is 0 Å². The van der Waals surface area contributed by atoms with Crippen molar-refractivity contribution in [1.82, 2.24) is 9.80 Å². The Bertz CT molecular complexity index is 1270. The van der Waals surface area contributed by atoms with Gasteiger partial charge in [0, 0.05) is 37.9 Å². The predicted molar refractivity (Wildman–Crippen MR) is 199 cm³/mol. The summed E-state index contributed by atoms with van der Waals surface area (Å²) >= 11 is 0. The van der Waals surface area contributed by atoms with Crippen molar-refractivity contribution in [1.29, 1.82) is 0 Å². The number of amides is 1. The molecule has 10 atom stereocenters. The van der Waals surface area contributed by atoms with Crippen LogP contribution in [0.3, 0.4) is 0 Å². The Morgan fingerprint density at radius 2 is 1.77 bits per heavy atom. The van der Waals surface area contributed by atoms with E-state index >= 15 is 0 Å². The van der Waals surface area contributed by atoms with Crippen molar-refractivity contribution in [2.75, 3.05) is 26.2 Å². The number of carbonyl (C=O) groups is 3. The van der Waals surface area contributed by atoms with Gasteiger partial charge in [-0.1, -0.05) is 58.4 Å². The number of cyclic esters (lactones) is 1. The summed E-state index contributed by atoms with van der Waals surface area (Å²) in [7, 11) is 0. The van der Waals surface area contributed by atoms with Crippen LogP contribution in [0.25, 0.3) is 0 Å². The molecular formula is C41H66N2O9. The molecule has 4 heterocycles. The maximum Gasteiger partial charge on any atom is 0.410 e. The monoisotopic (exact) mass is 730 g/mol. The Balaban J connectivity index is 1.28. The molecule has 0 aliphatic carbocycles. The van der Waals surface area contributed by atoms with Crippen molar-refractivity contribution in [3.63, 3.8) is 0 Å². The van der Waals surface area contributed by atoms with Crippen molar-refractivity contribution in [3.8, 4) is 0 Å². The maximum atomic E-state index is 13.1. The lowest BCUT2D eigenvalue weighted by Crippen LogP contribution is -2.49. The first-order valence-electron chi connectivity index (χ1n) is 19.8. The number of aliphatic hydroxyl groups excluding tert-OH is 1. The molecule has 4 aliphatic heterocycles. The van der Waals surface area contributed by atoms with Crippen LogP contribution in [0.1, 0.15) is 113 Å². The third-order valence-corrected chi connectivity index (χ3v) is 11.5. The number of hydrogen-bond donors (Lipinski definition) is 2. The smallest absolute Gasteiger partial charge is 0.410 e. The van der Waals surface area contributed by atoms with E-state index in [1.807, 2.05) is 30.9 Å². The second-order valence-corrected chi connectivity index (χ2v) is 16.1. The van der Waals surface area contributed by atoms with Gasteiger partial charge in [-0.05, 0) is 95.9 Å². The van der Waals surface area contributed by atoms with Gasteiger partial charge in [0.2, 0.25) is 0 Å². The van der Waals surface area contributed by atoms with Crippen molar-refractivity contribution >= 4 is 18.0 Å². The highest BCUT2D eigenvalue weighted by Crippen LogP contribution is 2.38. The van der Waals surface area contributed by atoms with Gasteiger partial charge in [0.25, 0.3) is 0 Å². The molecule has 0 aromatic heterocycles. The summed E-state index contributed by atoms with van der Waals surface area (Å²) in [4.78, 5) is 42.2. The van der Waals surface area contributed by atoms with Gasteiger partial charge >= 0.3 is 18.0 Å². The molecule has 294 valence electrons. The number of esters is 2. The number of nitrogens with zero attached hydrogens (tertiary/aromatic N) is 2. The van der Waals surface area contributed by atoms with Gasteiger partial charge in [0.05, 0.1) is 24.7 Å². The lowest BCUT2D eigenvalue weighted by Gasteiger charge is -2.40. The number of allylic oxidation sites excluding steroid dienone is 3. The van der Waals surface area contributed by atoms with E-state index < -0.39 is 35.9 Å². The van der Waals surface area contributed by atoms with E-state index in [9.17, 15) is 24.6 Å². The van der Waals surface area contributed by atoms with E-state index in [1.54, 1.807) is 19.1 Å². The van der Waals surface area contributed by atoms with Crippen LogP contribution in [0.4, 0.5) is 4.79 Å². The Hall–Kier alpha value is -2.73. The van der Waals surface area contributed by atoms with Crippen molar-refractivity contribution in [2.24, 2.45) is 17.8 Å². The third-order valence-electron chi connectivity index (χ3n) is 11.5. The highest BCUT2D eigenvalue weighted by molar-refractivity contribution is 5.70. The molecule has 0 radical (unpaired) electrons. The summed E-state index contributed by atoms with van der Waals surface area (Å²) in [5.41, 5.74) is -0.604. The van der Waals surface area contributed by atoms with Gasteiger partial charge in [-0.15, -0.1) is 0 Å². The minimum atomic E-state index is -1.42. The molecule has 11 heteroatoms. The number of rotatable bonds is 11. The van der Waals surface area contributed by atoms with E-state index in [2.05, 4.69) is 31.7 Å². The molecule has 0 bridgehead atoms. The summed E-state index contributed by atoms with van der Waals surface area (Å²) in [6.45, 7) is 16.9. The topological polar surface area (TPSA) is 138 Å².